The number of aryl methyl sites for hydroxylation is 1. The number of aromatic nitrogens is 2. The summed E-state index contributed by atoms with van der Waals surface area (Å²) in [6, 6.07) is 2.94. The van der Waals surface area contributed by atoms with Crippen molar-refractivity contribution in [2.45, 2.75) is 56.5 Å². The number of hydrogen-bond donors (Lipinski definition) is 5. The van der Waals surface area contributed by atoms with Crippen LogP contribution in [0.3, 0.4) is 0 Å². The van der Waals surface area contributed by atoms with Crippen molar-refractivity contribution >= 4 is 17.6 Å². The molecule has 1 unspecified atom stereocenters. The van der Waals surface area contributed by atoms with Crippen LogP contribution in [0.1, 0.15) is 47.3 Å². The van der Waals surface area contributed by atoms with E-state index in [-0.39, 0.29) is 28.8 Å². The molecular weight excluding hydrogens is 443 g/mol. The van der Waals surface area contributed by atoms with Gasteiger partial charge in [-0.2, -0.15) is 13.2 Å². The number of alkyl halides is 3. The molecule has 9 nitrogen and oxygen atoms in total. The summed E-state index contributed by atoms with van der Waals surface area (Å²) in [6.07, 6.45) is -2.37. The second-order valence-corrected chi connectivity index (χ2v) is 8.07. The van der Waals surface area contributed by atoms with Crippen molar-refractivity contribution in [3.05, 3.63) is 41.2 Å². The number of nitrogen functional groups attached to an aromatic ring is 1. The minimum atomic E-state index is -5.36. The molecule has 1 aromatic heterocycles. The molecular formula is C21H24F3N5O4. The lowest BCUT2D eigenvalue weighted by atomic mass is 9.89. The van der Waals surface area contributed by atoms with Crippen LogP contribution < -0.4 is 16.8 Å². The van der Waals surface area contributed by atoms with Gasteiger partial charge in [0.15, 0.2) is 11.5 Å². The Labute approximate surface area is 187 Å². The molecule has 1 saturated carbocycles. The fourth-order valence-corrected chi connectivity index (χ4v) is 3.74. The number of primary amides is 1. The molecule has 1 heterocycles. The second kappa shape index (κ2) is 8.94. The van der Waals surface area contributed by atoms with Crippen LogP contribution in [0.4, 0.5) is 19.0 Å². The lowest BCUT2D eigenvalue weighted by molar-refractivity contribution is -0.255. The van der Waals surface area contributed by atoms with Gasteiger partial charge in [0.25, 0.3) is 17.4 Å². The predicted octanol–water partition coefficient (Wildman–Crippen LogP) is 1.30. The summed E-state index contributed by atoms with van der Waals surface area (Å²) in [6.45, 7) is 1.57. The highest BCUT2D eigenvalue weighted by molar-refractivity contribution is 5.97. The van der Waals surface area contributed by atoms with Crippen LogP contribution in [-0.2, 0) is 10.4 Å². The van der Waals surface area contributed by atoms with Crippen LogP contribution in [0.25, 0.3) is 11.3 Å². The lowest BCUT2D eigenvalue weighted by Gasteiger charge is -2.28. The molecule has 12 heteroatoms. The number of carbonyl (C=O) groups excluding carboxylic acids is 2. The standard InChI is InChI=1S/C21H24F3N5O4/c1-10-2-3-11(20(33,19(26)32)21(22,23)24)8-14(10)15-9-27-17(25)16(29-15)18(31)28-12-4-6-13(30)7-5-12/h2-3,8-9,12-13,30,33H,4-7H2,1H3,(H2,25,27)(H2,26,32)(H,28,31)/t12-,13-,20?. The van der Waals surface area contributed by atoms with Gasteiger partial charge in [-0.05, 0) is 44.2 Å². The van der Waals surface area contributed by atoms with Crippen molar-refractivity contribution in [2.75, 3.05) is 5.73 Å². The fourth-order valence-electron chi connectivity index (χ4n) is 3.74. The fraction of sp³-hybridized carbons (Fsp3) is 0.429. The predicted molar refractivity (Wildman–Crippen MR) is 111 cm³/mol. The minimum Gasteiger partial charge on any atom is -0.393 e. The van der Waals surface area contributed by atoms with Gasteiger partial charge in [0.05, 0.1) is 18.0 Å². The van der Waals surface area contributed by atoms with Gasteiger partial charge in [-0.1, -0.05) is 12.1 Å². The normalized spacial score (nSPS) is 20.7. The number of carbonyl (C=O) groups is 2. The van der Waals surface area contributed by atoms with E-state index in [1.165, 1.54) is 12.3 Å². The first-order chi connectivity index (χ1) is 15.3. The van der Waals surface area contributed by atoms with E-state index in [9.17, 15) is 33.0 Å². The number of hydrogen-bond acceptors (Lipinski definition) is 7. The number of aliphatic hydroxyl groups is 2. The Kier molecular flexibility index (Phi) is 6.61. The van der Waals surface area contributed by atoms with Crippen molar-refractivity contribution < 1.29 is 33.0 Å². The highest BCUT2D eigenvalue weighted by atomic mass is 19.4. The van der Waals surface area contributed by atoms with E-state index < -0.39 is 35.3 Å². The maximum absolute atomic E-state index is 13.5. The topological polar surface area (TPSA) is 164 Å². The Morgan fingerprint density at radius 1 is 1.18 bits per heavy atom. The Bertz CT molecular complexity index is 1070. The van der Waals surface area contributed by atoms with Gasteiger partial charge in [-0.15, -0.1) is 0 Å². The summed E-state index contributed by atoms with van der Waals surface area (Å²) < 4.78 is 40.4. The summed E-state index contributed by atoms with van der Waals surface area (Å²) in [7, 11) is 0. The zero-order valence-corrected chi connectivity index (χ0v) is 17.7. The molecule has 2 aromatic rings. The molecule has 1 aromatic carbocycles. The third-order valence-corrected chi connectivity index (χ3v) is 5.75. The summed E-state index contributed by atoms with van der Waals surface area (Å²) in [4.78, 5) is 32.4. The molecule has 1 aliphatic rings. The molecule has 7 N–H and O–H groups in total. The molecule has 0 bridgehead atoms. The van der Waals surface area contributed by atoms with Crippen molar-refractivity contribution in [3.63, 3.8) is 0 Å². The molecule has 1 fully saturated rings. The molecule has 0 radical (unpaired) electrons. The van der Waals surface area contributed by atoms with Crippen molar-refractivity contribution in [2.24, 2.45) is 5.73 Å². The van der Waals surface area contributed by atoms with E-state index >= 15 is 0 Å². The van der Waals surface area contributed by atoms with Crippen LogP contribution in [0.15, 0.2) is 24.4 Å². The van der Waals surface area contributed by atoms with Gasteiger partial charge in [-0.25, -0.2) is 9.97 Å². The van der Waals surface area contributed by atoms with Gasteiger partial charge in [0.2, 0.25) is 0 Å². The zero-order valence-electron chi connectivity index (χ0n) is 17.7. The zero-order chi connectivity index (χ0) is 24.6. The molecule has 178 valence electrons. The Hall–Kier alpha value is -3.25. The van der Waals surface area contributed by atoms with Crippen LogP contribution in [-0.4, -0.2) is 50.3 Å². The lowest BCUT2D eigenvalue weighted by Crippen LogP contribution is -2.52. The Balaban J connectivity index is 1.98. The van der Waals surface area contributed by atoms with Gasteiger partial charge >= 0.3 is 6.18 Å². The maximum atomic E-state index is 13.5. The Morgan fingerprint density at radius 3 is 2.39 bits per heavy atom. The number of nitrogens with zero attached hydrogens (tertiary/aromatic N) is 2. The van der Waals surface area contributed by atoms with Gasteiger partial charge in [-0.3, -0.25) is 9.59 Å². The van der Waals surface area contributed by atoms with E-state index in [0.717, 1.165) is 12.1 Å². The number of benzene rings is 1. The van der Waals surface area contributed by atoms with Crippen LogP contribution in [0, 0.1) is 6.92 Å². The van der Waals surface area contributed by atoms with E-state index in [0.29, 0.717) is 31.2 Å². The average Bonchev–Trinajstić information content (AvgIpc) is 2.74. The molecule has 0 spiro atoms. The number of aliphatic hydroxyl groups excluding tert-OH is 1. The van der Waals surface area contributed by atoms with Crippen LogP contribution in [0.5, 0.6) is 0 Å². The van der Waals surface area contributed by atoms with Crippen molar-refractivity contribution in [3.8, 4) is 11.3 Å². The summed E-state index contributed by atoms with van der Waals surface area (Å²) in [5.74, 6) is -2.77. The number of nitrogens with two attached hydrogens (primary N) is 2. The third kappa shape index (κ3) is 4.76. The Morgan fingerprint density at radius 2 is 1.82 bits per heavy atom. The highest BCUT2D eigenvalue weighted by Gasteiger charge is 2.60. The van der Waals surface area contributed by atoms with Gasteiger partial charge < -0.3 is 27.0 Å². The highest BCUT2D eigenvalue weighted by Crippen LogP contribution is 2.40. The summed E-state index contributed by atoms with van der Waals surface area (Å²) in [5.41, 5.74) is 6.31. The number of amides is 2. The molecule has 1 aliphatic carbocycles. The number of rotatable bonds is 5. The third-order valence-electron chi connectivity index (χ3n) is 5.75. The minimum absolute atomic E-state index is 0.0155. The number of nitrogens with one attached hydrogen (secondary N) is 1. The summed E-state index contributed by atoms with van der Waals surface area (Å²) in [5, 5.41) is 22.5. The molecule has 33 heavy (non-hydrogen) atoms. The van der Waals surface area contributed by atoms with E-state index in [1.54, 1.807) is 6.92 Å². The van der Waals surface area contributed by atoms with E-state index in [1.807, 2.05) is 0 Å². The molecule has 1 atom stereocenters. The summed E-state index contributed by atoms with van der Waals surface area (Å²) >= 11 is 0. The average molecular weight is 467 g/mol. The smallest absolute Gasteiger partial charge is 0.393 e. The number of halogens is 3. The number of anilines is 1. The first-order valence-corrected chi connectivity index (χ1v) is 10.2. The first-order valence-electron chi connectivity index (χ1n) is 10.2. The van der Waals surface area contributed by atoms with Gasteiger partial charge in [0, 0.05) is 17.2 Å². The van der Waals surface area contributed by atoms with Crippen molar-refractivity contribution in [1.29, 1.82) is 0 Å². The largest absolute Gasteiger partial charge is 0.430 e. The maximum Gasteiger partial charge on any atom is 0.430 e. The first kappa shape index (κ1) is 24.4. The van der Waals surface area contributed by atoms with Crippen molar-refractivity contribution in [1.82, 2.24) is 15.3 Å². The molecule has 0 aliphatic heterocycles. The quantitative estimate of drug-likeness (QED) is 0.442. The van der Waals surface area contributed by atoms with E-state index in [2.05, 4.69) is 15.3 Å². The molecule has 3 rings (SSSR count). The second-order valence-electron chi connectivity index (χ2n) is 8.07. The molecule has 2 amide bonds. The van der Waals surface area contributed by atoms with Crippen LogP contribution >= 0.6 is 0 Å². The van der Waals surface area contributed by atoms with E-state index in [4.69, 9.17) is 11.5 Å². The molecule has 0 saturated heterocycles. The SMILES string of the molecule is Cc1ccc(C(O)(C(N)=O)C(F)(F)F)cc1-c1cnc(N)c(C(=O)N[C@H]2CC[C@H](O)CC2)n1. The van der Waals surface area contributed by atoms with Crippen LogP contribution in [0.2, 0.25) is 0 Å². The monoisotopic (exact) mass is 467 g/mol. The van der Waals surface area contributed by atoms with Gasteiger partial charge in [0.1, 0.15) is 0 Å².